The Hall–Kier alpha value is -0.490. The van der Waals surface area contributed by atoms with E-state index in [0.29, 0.717) is 10.5 Å². The lowest BCUT2D eigenvalue weighted by Gasteiger charge is -2.28. The van der Waals surface area contributed by atoms with Gasteiger partial charge in [-0.1, -0.05) is 20.4 Å². The molecule has 1 aliphatic rings. The maximum atomic E-state index is 11.8. The first kappa shape index (κ1) is 10.0. The number of aromatic nitrogens is 2. The van der Waals surface area contributed by atoms with E-state index in [1.165, 1.54) is 11.5 Å². The molecular formula is C8H10BrN3OS. The lowest BCUT2D eigenvalue weighted by Crippen LogP contribution is -2.38. The summed E-state index contributed by atoms with van der Waals surface area (Å²) in [4.78, 5) is 14.2. The van der Waals surface area contributed by atoms with Crippen LogP contribution < -0.4 is 0 Å². The van der Waals surface area contributed by atoms with E-state index in [4.69, 9.17) is 0 Å². The van der Waals surface area contributed by atoms with Gasteiger partial charge in [-0.2, -0.15) is 0 Å². The highest BCUT2D eigenvalue weighted by Crippen LogP contribution is 2.18. The number of amides is 1. The minimum Gasteiger partial charge on any atom is -0.337 e. The highest BCUT2D eigenvalue weighted by atomic mass is 79.9. The molecule has 1 saturated heterocycles. The second kappa shape index (κ2) is 4.35. The van der Waals surface area contributed by atoms with Crippen molar-refractivity contribution in [2.45, 2.75) is 17.7 Å². The van der Waals surface area contributed by atoms with E-state index in [-0.39, 0.29) is 5.91 Å². The van der Waals surface area contributed by atoms with Crippen molar-refractivity contribution >= 4 is 33.4 Å². The molecule has 6 heteroatoms. The molecule has 0 radical (unpaired) electrons. The topological polar surface area (TPSA) is 46.1 Å². The van der Waals surface area contributed by atoms with Crippen molar-refractivity contribution in [1.82, 2.24) is 14.5 Å². The number of carbonyl (C=O) groups is 1. The monoisotopic (exact) mass is 275 g/mol. The first-order valence-electron chi connectivity index (χ1n) is 4.48. The molecule has 4 nitrogen and oxygen atoms in total. The van der Waals surface area contributed by atoms with Crippen LogP contribution in [0.5, 0.6) is 0 Å². The van der Waals surface area contributed by atoms with Gasteiger partial charge in [0.15, 0.2) is 5.69 Å². The largest absolute Gasteiger partial charge is 0.337 e. The van der Waals surface area contributed by atoms with Crippen LogP contribution in [0.4, 0.5) is 0 Å². The van der Waals surface area contributed by atoms with Crippen LogP contribution in [0.2, 0.25) is 0 Å². The molecule has 2 heterocycles. The zero-order valence-corrected chi connectivity index (χ0v) is 9.92. The van der Waals surface area contributed by atoms with E-state index in [0.717, 1.165) is 25.9 Å². The van der Waals surface area contributed by atoms with E-state index >= 15 is 0 Å². The molecule has 0 aromatic carbocycles. The van der Waals surface area contributed by atoms with E-state index in [1.54, 1.807) is 5.38 Å². The Balaban J connectivity index is 1.99. The smallest absolute Gasteiger partial charge is 0.275 e. The fraction of sp³-hybridized carbons (Fsp3) is 0.625. The Bertz CT molecular complexity index is 308. The van der Waals surface area contributed by atoms with Gasteiger partial charge in [-0.3, -0.25) is 4.79 Å². The van der Waals surface area contributed by atoms with Crippen LogP contribution in [0.3, 0.4) is 0 Å². The van der Waals surface area contributed by atoms with Gasteiger partial charge >= 0.3 is 0 Å². The van der Waals surface area contributed by atoms with E-state index in [9.17, 15) is 4.79 Å². The van der Waals surface area contributed by atoms with Crippen LogP contribution in [0, 0.1) is 0 Å². The highest BCUT2D eigenvalue weighted by molar-refractivity contribution is 9.09. The van der Waals surface area contributed by atoms with Crippen molar-refractivity contribution < 1.29 is 4.79 Å². The van der Waals surface area contributed by atoms with Crippen LogP contribution in [0.15, 0.2) is 5.38 Å². The lowest BCUT2D eigenvalue weighted by atomic mass is 10.1. The highest BCUT2D eigenvalue weighted by Gasteiger charge is 2.23. The molecule has 1 aliphatic heterocycles. The molecule has 1 aromatic heterocycles. The number of hydrogen-bond acceptors (Lipinski definition) is 4. The van der Waals surface area contributed by atoms with E-state index in [1.807, 2.05) is 4.90 Å². The third-order valence-corrected chi connectivity index (χ3v) is 3.71. The first-order valence-corrected chi connectivity index (χ1v) is 6.23. The molecular weight excluding hydrogens is 266 g/mol. The summed E-state index contributed by atoms with van der Waals surface area (Å²) in [6.07, 6.45) is 2.03. The van der Waals surface area contributed by atoms with Crippen molar-refractivity contribution in [3.8, 4) is 0 Å². The van der Waals surface area contributed by atoms with Gasteiger partial charge in [0, 0.05) is 23.3 Å². The molecule has 76 valence electrons. The van der Waals surface area contributed by atoms with Crippen LogP contribution >= 0.6 is 27.5 Å². The predicted molar refractivity (Wildman–Crippen MR) is 57.8 cm³/mol. The van der Waals surface area contributed by atoms with Gasteiger partial charge < -0.3 is 4.90 Å². The first-order chi connectivity index (χ1) is 6.77. The molecule has 0 aliphatic carbocycles. The molecule has 0 atom stereocenters. The summed E-state index contributed by atoms with van der Waals surface area (Å²) in [6.45, 7) is 1.62. The van der Waals surface area contributed by atoms with Crippen LogP contribution in [0.25, 0.3) is 0 Å². The molecule has 0 unspecified atom stereocenters. The SMILES string of the molecule is O=C(c1csnn1)N1CCC(Br)CC1. The molecule has 0 saturated carbocycles. The maximum absolute atomic E-state index is 11.8. The van der Waals surface area contributed by atoms with Crippen molar-refractivity contribution in [2.75, 3.05) is 13.1 Å². The van der Waals surface area contributed by atoms with E-state index < -0.39 is 0 Å². The molecule has 14 heavy (non-hydrogen) atoms. The van der Waals surface area contributed by atoms with Gasteiger partial charge in [0.25, 0.3) is 5.91 Å². The Labute approximate surface area is 94.6 Å². The average Bonchev–Trinajstić information content (AvgIpc) is 2.71. The normalized spacial score (nSPS) is 18.5. The zero-order valence-electron chi connectivity index (χ0n) is 7.52. The summed E-state index contributed by atoms with van der Waals surface area (Å²) in [6, 6.07) is 0. The fourth-order valence-electron chi connectivity index (χ4n) is 1.47. The van der Waals surface area contributed by atoms with Crippen molar-refractivity contribution in [3.05, 3.63) is 11.1 Å². The number of alkyl halides is 1. The van der Waals surface area contributed by atoms with Crippen LogP contribution in [0.1, 0.15) is 23.3 Å². The zero-order chi connectivity index (χ0) is 9.97. The Morgan fingerprint density at radius 3 is 2.86 bits per heavy atom. The fourth-order valence-corrected chi connectivity index (χ4v) is 2.31. The molecule has 0 N–H and O–H groups in total. The van der Waals surface area contributed by atoms with Crippen LogP contribution in [-0.2, 0) is 0 Å². The number of halogens is 1. The second-order valence-electron chi connectivity index (χ2n) is 3.26. The lowest BCUT2D eigenvalue weighted by molar-refractivity contribution is 0.0722. The van der Waals surface area contributed by atoms with Gasteiger partial charge in [0.05, 0.1) is 0 Å². The molecule has 1 fully saturated rings. The second-order valence-corrected chi connectivity index (χ2v) is 5.16. The number of hydrogen-bond donors (Lipinski definition) is 0. The van der Waals surface area contributed by atoms with Gasteiger partial charge in [-0.05, 0) is 24.4 Å². The summed E-state index contributed by atoms with van der Waals surface area (Å²) >= 11 is 4.76. The summed E-state index contributed by atoms with van der Waals surface area (Å²) in [7, 11) is 0. The third-order valence-electron chi connectivity index (χ3n) is 2.29. The quantitative estimate of drug-likeness (QED) is 0.731. The third kappa shape index (κ3) is 2.12. The summed E-state index contributed by atoms with van der Waals surface area (Å²) in [5.74, 6) is 0.0122. The van der Waals surface area contributed by atoms with Gasteiger partial charge in [0.2, 0.25) is 0 Å². The summed E-state index contributed by atoms with van der Waals surface area (Å²) < 4.78 is 3.69. The van der Waals surface area contributed by atoms with E-state index in [2.05, 4.69) is 25.5 Å². The van der Waals surface area contributed by atoms with Crippen molar-refractivity contribution in [2.24, 2.45) is 0 Å². The molecule has 1 aromatic rings. The van der Waals surface area contributed by atoms with Crippen LogP contribution in [-0.4, -0.2) is 38.3 Å². The number of nitrogens with zero attached hydrogens (tertiary/aromatic N) is 3. The Morgan fingerprint density at radius 1 is 1.57 bits per heavy atom. The number of carbonyl (C=O) groups excluding carboxylic acids is 1. The maximum Gasteiger partial charge on any atom is 0.275 e. The summed E-state index contributed by atoms with van der Waals surface area (Å²) in [5.41, 5.74) is 0.475. The Kier molecular flexibility index (Phi) is 3.12. The minimum atomic E-state index is 0.0122. The molecule has 0 bridgehead atoms. The molecule has 2 rings (SSSR count). The number of likely N-dealkylation sites (tertiary alicyclic amines) is 1. The molecule has 1 amide bonds. The standard InChI is InChI=1S/C8H10BrN3OS/c9-6-1-3-12(4-2-6)8(13)7-5-14-11-10-7/h5-6H,1-4H2. The minimum absolute atomic E-state index is 0.0122. The number of piperidine rings is 1. The van der Waals surface area contributed by atoms with Crippen molar-refractivity contribution in [1.29, 1.82) is 0 Å². The number of rotatable bonds is 1. The van der Waals surface area contributed by atoms with Gasteiger partial charge in [0.1, 0.15) is 0 Å². The van der Waals surface area contributed by atoms with Gasteiger partial charge in [-0.25, -0.2) is 0 Å². The Morgan fingerprint density at radius 2 is 2.29 bits per heavy atom. The molecule has 0 spiro atoms. The van der Waals surface area contributed by atoms with Crippen molar-refractivity contribution in [3.63, 3.8) is 0 Å². The van der Waals surface area contributed by atoms with Gasteiger partial charge in [-0.15, -0.1) is 5.10 Å². The average molecular weight is 276 g/mol. The predicted octanol–water partition coefficient (Wildman–Crippen LogP) is 1.54. The summed E-state index contributed by atoms with van der Waals surface area (Å²) in [5, 5.41) is 5.47.